The minimum atomic E-state index is -0.0173. The van der Waals surface area contributed by atoms with Crippen molar-refractivity contribution in [3.8, 4) is 0 Å². The van der Waals surface area contributed by atoms with Crippen LogP contribution in [0.5, 0.6) is 0 Å². The van der Waals surface area contributed by atoms with Crippen molar-refractivity contribution in [2.24, 2.45) is 0 Å². The van der Waals surface area contributed by atoms with Gasteiger partial charge in [-0.2, -0.15) is 0 Å². The molecule has 19 heavy (non-hydrogen) atoms. The lowest BCUT2D eigenvalue weighted by molar-refractivity contribution is -0.120. The average Bonchev–Trinajstić information content (AvgIpc) is 2.39. The molecule has 1 aliphatic rings. The highest BCUT2D eigenvalue weighted by Crippen LogP contribution is 2.30. The lowest BCUT2D eigenvalue weighted by atomic mass is 10.0. The van der Waals surface area contributed by atoms with Crippen LogP contribution in [0, 0.1) is 0 Å². The van der Waals surface area contributed by atoms with Gasteiger partial charge in [-0.25, -0.2) is 0 Å². The number of fused-ring (bicyclic) bond motifs is 1. The number of nitrogens with two attached hydrogens (primary N) is 1. The van der Waals surface area contributed by atoms with Crippen LogP contribution in [0.15, 0.2) is 12.1 Å². The number of nitrogens with one attached hydrogen (secondary N) is 3. The molecule has 1 heterocycles. The summed E-state index contributed by atoms with van der Waals surface area (Å²) in [5.74, 6) is 0.00326. The Balaban J connectivity index is 2.06. The Labute approximate surface area is 111 Å². The van der Waals surface area contributed by atoms with Crippen LogP contribution in [0.4, 0.5) is 17.1 Å². The average molecular weight is 262 g/mol. The Morgan fingerprint density at radius 3 is 2.95 bits per heavy atom. The van der Waals surface area contributed by atoms with Crippen LogP contribution in [0.25, 0.3) is 0 Å². The zero-order chi connectivity index (χ0) is 13.8. The Hall–Kier alpha value is -2.24. The number of nitrogen functional groups attached to an aromatic ring is 1. The van der Waals surface area contributed by atoms with E-state index in [0.29, 0.717) is 31.5 Å². The van der Waals surface area contributed by atoms with Crippen LogP contribution in [0.3, 0.4) is 0 Å². The van der Waals surface area contributed by atoms with Gasteiger partial charge in [0, 0.05) is 32.1 Å². The fraction of sp³-hybridized carbons (Fsp3) is 0.385. The molecule has 1 aromatic carbocycles. The highest BCUT2D eigenvalue weighted by molar-refractivity contribution is 5.95. The van der Waals surface area contributed by atoms with E-state index >= 15 is 0 Å². The number of aryl methyl sites for hydroxylation is 1. The highest BCUT2D eigenvalue weighted by Gasteiger charge is 2.16. The molecular formula is C13H18N4O2. The molecule has 0 radical (unpaired) electrons. The van der Waals surface area contributed by atoms with Gasteiger partial charge >= 0.3 is 0 Å². The Morgan fingerprint density at radius 2 is 2.21 bits per heavy atom. The summed E-state index contributed by atoms with van der Waals surface area (Å²) in [7, 11) is 1.61. The van der Waals surface area contributed by atoms with Gasteiger partial charge < -0.3 is 21.7 Å². The minimum absolute atomic E-state index is 0.0173. The standard InChI is InChI=1S/C13H18N4O2/c1-15-12(18)4-5-16-11-6-8-2-3-13(19)17-10(8)7-9(11)14/h6-7,16H,2-5,14H2,1H3,(H,15,18)(H,17,19). The molecule has 1 aliphatic heterocycles. The number of hydrogen-bond donors (Lipinski definition) is 4. The summed E-state index contributed by atoms with van der Waals surface area (Å²) in [5.41, 5.74) is 9.15. The second-order valence-electron chi connectivity index (χ2n) is 4.49. The van der Waals surface area contributed by atoms with Crippen LogP contribution in [-0.2, 0) is 16.0 Å². The first-order valence-corrected chi connectivity index (χ1v) is 6.27. The third-order valence-corrected chi connectivity index (χ3v) is 3.12. The minimum Gasteiger partial charge on any atom is -0.397 e. The third-order valence-electron chi connectivity index (χ3n) is 3.12. The molecule has 0 saturated heterocycles. The molecule has 0 unspecified atom stereocenters. The summed E-state index contributed by atoms with van der Waals surface area (Å²) >= 11 is 0. The molecule has 0 saturated carbocycles. The van der Waals surface area contributed by atoms with E-state index in [-0.39, 0.29) is 11.8 Å². The largest absolute Gasteiger partial charge is 0.397 e. The first-order chi connectivity index (χ1) is 9.10. The van der Waals surface area contributed by atoms with Crippen LogP contribution >= 0.6 is 0 Å². The predicted octanol–water partition coefficient (Wildman–Crippen LogP) is 0.701. The zero-order valence-corrected chi connectivity index (χ0v) is 10.9. The van der Waals surface area contributed by atoms with Gasteiger partial charge in [0.2, 0.25) is 11.8 Å². The van der Waals surface area contributed by atoms with Crippen molar-refractivity contribution in [3.05, 3.63) is 17.7 Å². The van der Waals surface area contributed by atoms with E-state index in [2.05, 4.69) is 16.0 Å². The lowest BCUT2D eigenvalue weighted by Crippen LogP contribution is -2.22. The van der Waals surface area contributed by atoms with Gasteiger partial charge in [-0.3, -0.25) is 9.59 Å². The van der Waals surface area contributed by atoms with Crippen molar-refractivity contribution in [2.45, 2.75) is 19.3 Å². The molecule has 0 atom stereocenters. The fourth-order valence-corrected chi connectivity index (χ4v) is 2.03. The predicted molar refractivity (Wildman–Crippen MR) is 75.0 cm³/mol. The number of hydrogen-bond acceptors (Lipinski definition) is 4. The maximum Gasteiger partial charge on any atom is 0.224 e. The summed E-state index contributed by atoms with van der Waals surface area (Å²) in [6.07, 6.45) is 1.60. The summed E-state index contributed by atoms with van der Waals surface area (Å²) in [6.45, 7) is 0.523. The van der Waals surface area contributed by atoms with Crippen molar-refractivity contribution < 1.29 is 9.59 Å². The second-order valence-corrected chi connectivity index (χ2v) is 4.49. The first-order valence-electron chi connectivity index (χ1n) is 6.27. The lowest BCUT2D eigenvalue weighted by Gasteiger charge is -2.19. The van der Waals surface area contributed by atoms with Gasteiger partial charge in [0.25, 0.3) is 0 Å². The highest BCUT2D eigenvalue weighted by atomic mass is 16.2. The SMILES string of the molecule is CNC(=O)CCNc1cc2c(cc1N)NC(=O)CC2. The van der Waals surface area contributed by atoms with Gasteiger partial charge in [-0.15, -0.1) is 0 Å². The maximum absolute atomic E-state index is 11.3. The van der Waals surface area contributed by atoms with Gasteiger partial charge in [-0.1, -0.05) is 0 Å². The van der Waals surface area contributed by atoms with E-state index in [1.54, 1.807) is 13.1 Å². The van der Waals surface area contributed by atoms with E-state index in [0.717, 1.165) is 16.9 Å². The number of carbonyl (C=O) groups excluding carboxylic acids is 2. The summed E-state index contributed by atoms with van der Waals surface area (Å²) in [5, 5.41) is 8.50. The van der Waals surface area contributed by atoms with Gasteiger partial charge in [0.05, 0.1) is 11.4 Å². The molecule has 0 bridgehead atoms. The van der Waals surface area contributed by atoms with Crippen LogP contribution in [0.2, 0.25) is 0 Å². The van der Waals surface area contributed by atoms with Crippen LogP contribution in [-0.4, -0.2) is 25.4 Å². The summed E-state index contributed by atoms with van der Waals surface area (Å²) < 4.78 is 0. The van der Waals surface area contributed by atoms with Crippen LogP contribution in [0.1, 0.15) is 18.4 Å². The Bertz CT molecular complexity index is 514. The molecule has 2 amide bonds. The molecule has 1 aromatic rings. The molecule has 0 aromatic heterocycles. The normalized spacial score (nSPS) is 13.4. The molecular weight excluding hydrogens is 244 g/mol. The number of benzene rings is 1. The summed E-state index contributed by atoms with van der Waals surface area (Å²) in [4.78, 5) is 22.4. The third kappa shape index (κ3) is 3.15. The van der Waals surface area contributed by atoms with Crippen molar-refractivity contribution in [3.63, 3.8) is 0 Å². The topological polar surface area (TPSA) is 96.2 Å². The van der Waals surface area contributed by atoms with Crippen molar-refractivity contribution in [1.82, 2.24) is 5.32 Å². The number of amides is 2. The molecule has 0 fully saturated rings. The second kappa shape index (κ2) is 5.60. The smallest absolute Gasteiger partial charge is 0.224 e. The van der Waals surface area contributed by atoms with Crippen LogP contribution < -0.4 is 21.7 Å². The molecule has 6 heteroatoms. The summed E-state index contributed by atoms with van der Waals surface area (Å²) in [6, 6.07) is 3.70. The van der Waals surface area contributed by atoms with E-state index in [9.17, 15) is 9.59 Å². The van der Waals surface area contributed by atoms with E-state index in [4.69, 9.17) is 5.73 Å². The van der Waals surface area contributed by atoms with Gasteiger partial charge in [0.1, 0.15) is 0 Å². The van der Waals surface area contributed by atoms with Crippen molar-refractivity contribution >= 4 is 28.9 Å². The van der Waals surface area contributed by atoms with Crippen molar-refractivity contribution in [2.75, 3.05) is 30.0 Å². The molecule has 2 rings (SSSR count). The number of carbonyl (C=O) groups is 2. The zero-order valence-electron chi connectivity index (χ0n) is 10.9. The molecule has 6 nitrogen and oxygen atoms in total. The quantitative estimate of drug-likeness (QED) is 0.601. The monoisotopic (exact) mass is 262 g/mol. The van der Waals surface area contributed by atoms with Gasteiger partial charge in [-0.05, 0) is 24.1 Å². The maximum atomic E-state index is 11.3. The number of anilines is 3. The molecule has 0 aliphatic carbocycles. The van der Waals surface area contributed by atoms with E-state index in [1.165, 1.54) is 0 Å². The van der Waals surface area contributed by atoms with E-state index < -0.39 is 0 Å². The first kappa shape index (κ1) is 13.2. The van der Waals surface area contributed by atoms with Crippen molar-refractivity contribution in [1.29, 1.82) is 0 Å². The molecule has 102 valence electrons. The molecule has 5 N–H and O–H groups in total. The Kier molecular flexibility index (Phi) is 3.89. The van der Waals surface area contributed by atoms with E-state index in [1.807, 2.05) is 6.07 Å². The van der Waals surface area contributed by atoms with Gasteiger partial charge in [0.15, 0.2) is 0 Å². The number of rotatable bonds is 4. The Morgan fingerprint density at radius 1 is 1.42 bits per heavy atom. The fourth-order valence-electron chi connectivity index (χ4n) is 2.03. The molecule has 0 spiro atoms.